The van der Waals surface area contributed by atoms with E-state index in [1.165, 1.54) is 0 Å². The third-order valence-corrected chi connectivity index (χ3v) is 5.94. The van der Waals surface area contributed by atoms with Gasteiger partial charge in [-0.2, -0.15) is 0 Å². The molecule has 0 saturated carbocycles. The number of imidazole rings is 1. The Morgan fingerprint density at radius 3 is 2.92 bits per heavy atom. The lowest BCUT2D eigenvalue weighted by molar-refractivity contribution is -0.118. The maximum Gasteiger partial charge on any atom is 0.241 e. The lowest BCUT2D eigenvalue weighted by atomic mass is 10.2. The molecule has 1 fully saturated rings. The van der Waals surface area contributed by atoms with Crippen LogP contribution in [0.4, 0.5) is 5.69 Å². The number of hydrogen-bond acceptors (Lipinski definition) is 4. The van der Waals surface area contributed by atoms with Gasteiger partial charge in [-0.05, 0) is 18.2 Å². The molecular weight excluding hydrogens is 320 g/mol. The number of carbonyl (C=O) groups excluding carboxylic acids is 1. The number of amides is 1. The monoisotopic (exact) mass is 346 g/mol. The molecule has 1 saturated heterocycles. The van der Waals surface area contributed by atoms with E-state index >= 15 is 0 Å². The zero-order chi connectivity index (χ0) is 17.2. The van der Waals surface area contributed by atoms with Crippen molar-refractivity contribution in [2.24, 2.45) is 0 Å². The van der Waals surface area contributed by atoms with Crippen molar-refractivity contribution < 1.29 is 9.53 Å². The number of para-hydroxylation sites is 1. The fourth-order valence-electron chi connectivity index (χ4n) is 2.80. The van der Waals surface area contributed by atoms with E-state index < -0.39 is 8.07 Å². The smallest absolute Gasteiger partial charge is 0.241 e. The minimum atomic E-state index is -1.07. The Labute approximate surface area is 143 Å². The maximum atomic E-state index is 12.2. The van der Waals surface area contributed by atoms with Crippen molar-refractivity contribution in [1.29, 1.82) is 0 Å². The van der Waals surface area contributed by atoms with Crippen LogP contribution in [0.5, 0.6) is 0 Å². The van der Waals surface area contributed by atoms with E-state index in [-0.39, 0.29) is 5.91 Å². The molecule has 0 unspecified atom stereocenters. The van der Waals surface area contributed by atoms with Crippen molar-refractivity contribution in [3.63, 3.8) is 0 Å². The Hall–Kier alpha value is -1.70. The molecular formula is C17H26N4O2Si. The molecule has 7 heteroatoms. The SMILES string of the molecule is C[Si](C)(C)CCOCn1cnc2c(N3CCNCC3=O)cccc21. The topological polar surface area (TPSA) is 59.4 Å². The summed E-state index contributed by atoms with van der Waals surface area (Å²) in [6, 6.07) is 7.13. The summed E-state index contributed by atoms with van der Waals surface area (Å²) in [4.78, 5) is 18.5. The second-order valence-electron chi connectivity index (χ2n) is 7.43. The fourth-order valence-corrected chi connectivity index (χ4v) is 3.55. The van der Waals surface area contributed by atoms with Crippen LogP contribution in [-0.2, 0) is 16.3 Å². The number of anilines is 1. The van der Waals surface area contributed by atoms with E-state index in [1.807, 2.05) is 27.7 Å². The third kappa shape index (κ3) is 3.85. The minimum Gasteiger partial charge on any atom is -0.361 e. The van der Waals surface area contributed by atoms with Crippen LogP contribution in [0.1, 0.15) is 0 Å². The lowest BCUT2D eigenvalue weighted by Gasteiger charge is -2.27. The zero-order valence-electron chi connectivity index (χ0n) is 14.7. The largest absolute Gasteiger partial charge is 0.361 e. The van der Waals surface area contributed by atoms with Crippen molar-refractivity contribution in [2.45, 2.75) is 32.4 Å². The molecule has 6 nitrogen and oxygen atoms in total. The fraction of sp³-hybridized carbons (Fsp3) is 0.529. The highest BCUT2D eigenvalue weighted by atomic mass is 28.3. The Balaban J connectivity index is 1.75. The summed E-state index contributed by atoms with van der Waals surface area (Å²) in [6.45, 7) is 10.2. The van der Waals surface area contributed by atoms with Gasteiger partial charge in [-0.3, -0.25) is 4.79 Å². The maximum absolute atomic E-state index is 12.2. The normalized spacial score (nSPS) is 16.1. The first kappa shape index (κ1) is 17.1. The second-order valence-corrected chi connectivity index (χ2v) is 13.1. The van der Waals surface area contributed by atoms with Crippen molar-refractivity contribution >= 4 is 30.7 Å². The summed E-state index contributed by atoms with van der Waals surface area (Å²) in [5, 5.41) is 3.10. The van der Waals surface area contributed by atoms with E-state index in [0.29, 0.717) is 19.8 Å². The van der Waals surface area contributed by atoms with Crippen LogP contribution in [0.3, 0.4) is 0 Å². The number of benzene rings is 1. The summed E-state index contributed by atoms with van der Waals surface area (Å²) < 4.78 is 7.85. The number of piperazine rings is 1. The number of nitrogens with one attached hydrogen (secondary N) is 1. The van der Waals surface area contributed by atoms with E-state index in [0.717, 1.165) is 35.9 Å². The van der Waals surface area contributed by atoms with Crippen LogP contribution in [0.2, 0.25) is 25.7 Å². The molecule has 1 N–H and O–H groups in total. The molecule has 24 heavy (non-hydrogen) atoms. The molecule has 0 aliphatic carbocycles. The third-order valence-electron chi connectivity index (χ3n) is 4.24. The summed E-state index contributed by atoms with van der Waals surface area (Å²) in [6.07, 6.45) is 1.80. The zero-order valence-corrected chi connectivity index (χ0v) is 15.7. The molecule has 3 rings (SSSR count). The standard InChI is InChI=1S/C17H26N4O2Si/c1-24(2,3)10-9-23-13-20-12-19-17-14(20)5-4-6-15(17)21-8-7-18-11-16(21)22/h4-6,12,18H,7-11,13H2,1-3H3. The number of nitrogens with zero attached hydrogens (tertiary/aromatic N) is 3. The predicted molar refractivity (Wildman–Crippen MR) is 99.1 cm³/mol. The average molecular weight is 347 g/mol. The van der Waals surface area contributed by atoms with Crippen LogP contribution >= 0.6 is 0 Å². The molecule has 0 spiro atoms. The molecule has 1 aromatic carbocycles. The summed E-state index contributed by atoms with van der Waals surface area (Å²) in [7, 11) is -1.07. The number of fused-ring (bicyclic) bond motifs is 1. The molecule has 1 amide bonds. The van der Waals surface area contributed by atoms with Gasteiger partial charge in [0.05, 0.1) is 24.1 Å². The lowest BCUT2D eigenvalue weighted by Crippen LogP contribution is -2.48. The summed E-state index contributed by atoms with van der Waals surface area (Å²) in [5.74, 6) is 0.0923. The van der Waals surface area contributed by atoms with Crippen LogP contribution in [0.25, 0.3) is 11.0 Å². The number of aromatic nitrogens is 2. The first-order valence-electron chi connectivity index (χ1n) is 8.48. The highest BCUT2D eigenvalue weighted by Gasteiger charge is 2.22. The second kappa shape index (κ2) is 7.04. The molecule has 1 aliphatic rings. The van der Waals surface area contributed by atoms with Gasteiger partial charge < -0.3 is 19.5 Å². The molecule has 0 atom stereocenters. The predicted octanol–water partition coefficient (Wildman–Crippen LogP) is 2.28. The van der Waals surface area contributed by atoms with Gasteiger partial charge in [-0.15, -0.1) is 0 Å². The minimum absolute atomic E-state index is 0.0923. The first-order chi connectivity index (χ1) is 11.5. The van der Waals surface area contributed by atoms with Crippen molar-refractivity contribution in [2.75, 3.05) is 31.1 Å². The van der Waals surface area contributed by atoms with Gasteiger partial charge in [0.2, 0.25) is 5.91 Å². The molecule has 0 bridgehead atoms. The van der Waals surface area contributed by atoms with Gasteiger partial charge in [0.1, 0.15) is 12.2 Å². The van der Waals surface area contributed by atoms with Gasteiger partial charge in [0.15, 0.2) is 0 Å². The molecule has 1 aromatic heterocycles. The van der Waals surface area contributed by atoms with Crippen molar-refractivity contribution in [1.82, 2.24) is 14.9 Å². The average Bonchev–Trinajstić information content (AvgIpc) is 2.94. The number of ether oxygens (including phenoxy) is 1. The first-order valence-corrected chi connectivity index (χ1v) is 12.2. The number of rotatable bonds is 6. The Morgan fingerprint density at radius 2 is 2.17 bits per heavy atom. The molecule has 0 radical (unpaired) electrons. The van der Waals surface area contributed by atoms with Crippen LogP contribution < -0.4 is 10.2 Å². The Kier molecular flexibility index (Phi) is 5.03. The highest BCUT2D eigenvalue weighted by molar-refractivity contribution is 6.76. The summed E-state index contributed by atoms with van der Waals surface area (Å²) in [5.41, 5.74) is 2.76. The summed E-state index contributed by atoms with van der Waals surface area (Å²) >= 11 is 0. The van der Waals surface area contributed by atoms with E-state index in [1.54, 1.807) is 6.33 Å². The van der Waals surface area contributed by atoms with Crippen LogP contribution in [-0.4, -0.2) is 49.8 Å². The van der Waals surface area contributed by atoms with E-state index in [2.05, 4.69) is 29.9 Å². The van der Waals surface area contributed by atoms with E-state index in [9.17, 15) is 4.79 Å². The van der Waals surface area contributed by atoms with Crippen LogP contribution in [0, 0.1) is 0 Å². The van der Waals surface area contributed by atoms with E-state index in [4.69, 9.17) is 4.74 Å². The Morgan fingerprint density at radius 1 is 1.33 bits per heavy atom. The van der Waals surface area contributed by atoms with Gasteiger partial charge in [0, 0.05) is 27.8 Å². The van der Waals surface area contributed by atoms with Gasteiger partial charge in [-0.25, -0.2) is 4.98 Å². The van der Waals surface area contributed by atoms with Gasteiger partial charge in [-0.1, -0.05) is 25.7 Å². The highest BCUT2D eigenvalue weighted by Crippen LogP contribution is 2.26. The van der Waals surface area contributed by atoms with Gasteiger partial charge in [0.25, 0.3) is 0 Å². The van der Waals surface area contributed by atoms with Crippen LogP contribution in [0.15, 0.2) is 24.5 Å². The van der Waals surface area contributed by atoms with Crippen molar-refractivity contribution in [3.8, 4) is 0 Å². The number of carbonyl (C=O) groups is 1. The molecule has 1 aliphatic heterocycles. The molecule has 2 heterocycles. The van der Waals surface area contributed by atoms with Crippen molar-refractivity contribution in [3.05, 3.63) is 24.5 Å². The quantitative estimate of drug-likeness (QED) is 0.644. The Bertz CT molecular complexity index is 723. The number of hydrogen-bond donors (Lipinski definition) is 1. The van der Waals surface area contributed by atoms with Gasteiger partial charge >= 0.3 is 0 Å². The molecule has 2 aromatic rings. The molecule has 130 valence electrons.